The zero-order valence-corrected chi connectivity index (χ0v) is 19.4. The summed E-state index contributed by atoms with van der Waals surface area (Å²) in [4.78, 5) is 21.3. The van der Waals surface area contributed by atoms with E-state index < -0.39 is 0 Å². The number of aliphatic imine (C=N–C) groups is 2. The molecule has 0 aliphatic carbocycles. The molecule has 0 spiro atoms. The van der Waals surface area contributed by atoms with E-state index in [4.69, 9.17) is 15.0 Å². The molecule has 0 amide bonds. The molecular formula is C27H32N6. The Morgan fingerprint density at radius 2 is 1.88 bits per heavy atom. The van der Waals surface area contributed by atoms with Crippen molar-refractivity contribution >= 4 is 28.1 Å². The van der Waals surface area contributed by atoms with Crippen molar-refractivity contribution in [2.24, 2.45) is 9.98 Å². The number of nitrogens with zero attached hydrogens (tertiary/aromatic N) is 4. The molecular weight excluding hydrogens is 408 g/mol. The van der Waals surface area contributed by atoms with Crippen LogP contribution in [-0.2, 0) is 0 Å². The molecule has 6 nitrogen and oxygen atoms in total. The summed E-state index contributed by atoms with van der Waals surface area (Å²) in [6, 6.07) is 6.69. The lowest BCUT2D eigenvalue weighted by molar-refractivity contribution is 0.579. The summed E-state index contributed by atoms with van der Waals surface area (Å²) in [5.41, 5.74) is 9.31. The summed E-state index contributed by atoms with van der Waals surface area (Å²) in [7, 11) is 0. The van der Waals surface area contributed by atoms with Crippen molar-refractivity contribution in [2.75, 3.05) is 37.6 Å². The van der Waals surface area contributed by atoms with Gasteiger partial charge < -0.3 is 15.2 Å². The Kier molecular flexibility index (Phi) is 5.46. The predicted molar refractivity (Wildman–Crippen MR) is 137 cm³/mol. The van der Waals surface area contributed by atoms with Crippen LogP contribution >= 0.6 is 0 Å². The fraction of sp³-hybridized carbons (Fsp3) is 0.444. The van der Waals surface area contributed by atoms with Crippen LogP contribution < -0.4 is 10.2 Å². The number of rotatable bonds is 3. The molecule has 33 heavy (non-hydrogen) atoms. The molecule has 1 atom stereocenters. The highest BCUT2D eigenvalue weighted by atomic mass is 15.1. The molecule has 4 aliphatic rings. The average molecular weight is 441 g/mol. The first-order valence-corrected chi connectivity index (χ1v) is 12.4. The van der Waals surface area contributed by atoms with Gasteiger partial charge in [0.2, 0.25) is 0 Å². The van der Waals surface area contributed by atoms with E-state index in [1.165, 1.54) is 41.7 Å². The highest BCUT2D eigenvalue weighted by molar-refractivity contribution is 6.53. The minimum atomic E-state index is 0.216. The van der Waals surface area contributed by atoms with Crippen LogP contribution in [0.5, 0.6) is 0 Å². The molecule has 5 heterocycles. The third-order valence-corrected chi connectivity index (χ3v) is 7.18. The van der Waals surface area contributed by atoms with Crippen molar-refractivity contribution in [3.8, 4) is 0 Å². The summed E-state index contributed by atoms with van der Waals surface area (Å²) in [6.07, 6.45) is 12.7. The van der Waals surface area contributed by atoms with E-state index in [-0.39, 0.29) is 6.04 Å². The van der Waals surface area contributed by atoms with Gasteiger partial charge in [0, 0.05) is 19.6 Å². The molecule has 4 aliphatic heterocycles. The number of piperidine rings is 1. The van der Waals surface area contributed by atoms with Crippen LogP contribution in [0.15, 0.2) is 63.1 Å². The Hall–Kier alpha value is -2.99. The van der Waals surface area contributed by atoms with E-state index >= 15 is 0 Å². The first-order valence-electron chi connectivity index (χ1n) is 12.4. The lowest BCUT2D eigenvalue weighted by atomic mass is 9.94. The SMILES string of the molecule is C[C@H]1CC2=CC=C(C3=CCNCC3)CN=C2C(c2nc3c(N4CCCCC4)cccc3[nH]2)=N1. The molecule has 1 aromatic carbocycles. The second kappa shape index (κ2) is 8.75. The van der Waals surface area contributed by atoms with Crippen LogP contribution in [0.1, 0.15) is 44.9 Å². The summed E-state index contributed by atoms with van der Waals surface area (Å²) < 4.78 is 0. The van der Waals surface area contributed by atoms with Gasteiger partial charge in [-0.15, -0.1) is 0 Å². The lowest BCUT2D eigenvalue weighted by Gasteiger charge is -2.28. The van der Waals surface area contributed by atoms with E-state index in [0.29, 0.717) is 6.54 Å². The van der Waals surface area contributed by atoms with Gasteiger partial charge in [-0.3, -0.25) is 9.98 Å². The van der Waals surface area contributed by atoms with Gasteiger partial charge >= 0.3 is 0 Å². The molecule has 170 valence electrons. The number of nitrogens with one attached hydrogen (secondary N) is 2. The van der Waals surface area contributed by atoms with Crippen molar-refractivity contribution in [3.05, 3.63) is 59.0 Å². The van der Waals surface area contributed by atoms with Gasteiger partial charge in [0.15, 0.2) is 5.82 Å². The molecule has 0 radical (unpaired) electrons. The Morgan fingerprint density at radius 3 is 2.73 bits per heavy atom. The third kappa shape index (κ3) is 3.97. The summed E-state index contributed by atoms with van der Waals surface area (Å²) in [5.74, 6) is 0.843. The molecule has 1 fully saturated rings. The van der Waals surface area contributed by atoms with Crippen molar-refractivity contribution in [1.82, 2.24) is 15.3 Å². The molecule has 1 saturated heterocycles. The first-order chi connectivity index (χ1) is 16.3. The van der Waals surface area contributed by atoms with Gasteiger partial charge in [-0.25, -0.2) is 4.98 Å². The highest BCUT2D eigenvalue weighted by Gasteiger charge is 2.28. The van der Waals surface area contributed by atoms with Crippen molar-refractivity contribution in [2.45, 2.75) is 45.1 Å². The molecule has 0 saturated carbocycles. The number of para-hydroxylation sites is 1. The van der Waals surface area contributed by atoms with Gasteiger partial charge in [-0.05, 0) is 74.4 Å². The molecule has 0 unspecified atom stereocenters. The van der Waals surface area contributed by atoms with Crippen molar-refractivity contribution in [3.63, 3.8) is 0 Å². The minimum Gasteiger partial charge on any atom is -0.370 e. The van der Waals surface area contributed by atoms with E-state index in [9.17, 15) is 0 Å². The molecule has 2 aromatic rings. The molecule has 1 aromatic heterocycles. The number of fused-ring (bicyclic) bond motifs is 2. The van der Waals surface area contributed by atoms with Gasteiger partial charge in [-0.1, -0.05) is 24.3 Å². The quantitative estimate of drug-likeness (QED) is 0.745. The number of H-pyrrole nitrogens is 1. The molecule has 6 rings (SSSR count). The smallest absolute Gasteiger partial charge is 0.159 e. The third-order valence-electron chi connectivity index (χ3n) is 7.18. The van der Waals surface area contributed by atoms with E-state index in [2.05, 4.69) is 58.6 Å². The number of allylic oxidation sites excluding steroid dienone is 2. The summed E-state index contributed by atoms with van der Waals surface area (Å²) >= 11 is 0. The second-order valence-electron chi connectivity index (χ2n) is 9.57. The van der Waals surface area contributed by atoms with Crippen LogP contribution in [0.3, 0.4) is 0 Å². The molecule has 0 bridgehead atoms. The largest absolute Gasteiger partial charge is 0.370 e. The zero-order valence-electron chi connectivity index (χ0n) is 19.4. The number of imidazole rings is 1. The Balaban J connectivity index is 1.37. The lowest BCUT2D eigenvalue weighted by Crippen LogP contribution is -2.29. The van der Waals surface area contributed by atoms with Crippen LogP contribution in [0, 0.1) is 0 Å². The van der Waals surface area contributed by atoms with E-state index in [1.54, 1.807) is 0 Å². The predicted octanol–water partition coefficient (Wildman–Crippen LogP) is 4.36. The average Bonchev–Trinajstić information content (AvgIpc) is 3.19. The van der Waals surface area contributed by atoms with Gasteiger partial charge in [0.1, 0.15) is 11.2 Å². The normalized spacial score (nSPS) is 23.7. The first kappa shape index (κ1) is 20.6. The number of hydrogen-bond acceptors (Lipinski definition) is 5. The van der Waals surface area contributed by atoms with Gasteiger partial charge in [0.05, 0.1) is 29.5 Å². The van der Waals surface area contributed by atoms with Crippen molar-refractivity contribution in [1.29, 1.82) is 0 Å². The number of aromatic amines is 1. The van der Waals surface area contributed by atoms with Crippen LogP contribution in [0.4, 0.5) is 5.69 Å². The zero-order chi connectivity index (χ0) is 22.2. The fourth-order valence-electron chi connectivity index (χ4n) is 5.45. The summed E-state index contributed by atoms with van der Waals surface area (Å²) in [5, 5.41) is 3.40. The van der Waals surface area contributed by atoms with Crippen LogP contribution in [-0.4, -0.2) is 60.2 Å². The number of aromatic nitrogens is 2. The number of benzene rings is 1. The van der Waals surface area contributed by atoms with E-state index in [0.717, 1.165) is 67.3 Å². The van der Waals surface area contributed by atoms with Crippen LogP contribution in [0.25, 0.3) is 11.0 Å². The Bertz CT molecular complexity index is 1220. The minimum absolute atomic E-state index is 0.216. The Morgan fingerprint density at radius 1 is 1.00 bits per heavy atom. The number of hydrogen-bond donors (Lipinski definition) is 2. The van der Waals surface area contributed by atoms with Gasteiger partial charge in [-0.2, -0.15) is 0 Å². The number of anilines is 1. The topological polar surface area (TPSA) is 68.7 Å². The maximum Gasteiger partial charge on any atom is 0.159 e. The molecule has 2 N–H and O–H groups in total. The fourth-order valence-corrected chi connectivity index (χ4v) is 5.45. The highest BCUT2D eigenvalue weighted by Crippen LogP contribution is 2.30. The van der Waals surface area contributed by atoms with E-state index in [1.807, 2.05) is 0 Å². The summed E-state index contributed by atoms with van der Waals surface area (Å²) in [6.45, 7) is 7.09. The molecule has 6 heteroatoms. The van der Waals surface area contributed by atoms with Crippen LogP contribution in [0.2, 0.25) is 0 Å². The van der Waals surface area contributed by atoms with Gasteiger partial charge in [0.25, 0.3) is 0 Å². The monoisotopic (exact) mass is 440 g/mol. The standard InChI is InChI=1S/C27H32N6/c1-18-16-20-8-9-21(19-10-12-28-13-11-19)17-29-24(20)26(30-18)27-31-22-6-5-7-23(25(22)32-27)33-14-3-2-4-15-33/h5-10,18,28H,2-4,11-17H2,1H3,(H,31,32)/t18-/m0/s1. The maximum absolute atomic E-state index is 5.10. The maximum atomic E-state index is 5.10. The van der Waals surface area contributed by atoms with Crippen molar-refractivity contribution < 1.29 is 0 Å². The Labute approximate surface area is 195 Å². The second-order valence-corrected chi connectivity index (χ2v) is 9.57.